The van der Waals surface area contributed by atoms with Gasteiger partial charge in [0.25, 0.3) is 0 Å². The van der Waals surface area contributed by atoms with E-state index < -0.39 is 5.25 Å². The van der Waals surface area contributed by atoms with E-state index >= 15 is 0 Å². The molecule has 3 aromatic carbocycles. The van der Waals surface area contributed by atoms with Gasteiger partial charge in [-0.05, 0) is 55.5 Å². The van der Waals surface area contributed by atoms with E-state index in [9.17, 15) is 9.59 Å². The molecule has 4 aromatic rings. The predicted octanol–water partition coefficient (Wildman–Crippen LogP) is 6.55. The highest BCUT2D eigenvalue weighted by Crippen LogP contribution is 2.31. The van der Waals surface area contributed by atoms with Gasteiger partial charge in [-0.1, -0.05) is 67.5 Å². The summed E-state index contributed by atoms with van der Waals surface area (Å²) in [5.74, 6) is 0.458. The van der Waals surface area contributed by atoms with Crippen molar-refractivity contribution in [2.75, 3.05) is 5.32 Å². The molecule has 0 saturated carbocycles. The molecule has 178 valence electrons. The number of carbonyl (C=O) groups is 2. The molecule has 8 heteroatoms. The summed E-state index contributed by atoms with van der Waals surface area (Å²) < 4.78 is 1.94. The lowest BCUT2D eigenvalue weighted by molar-refractivity contribution is -0.118. The van der Waals surface area contributed by atoms with Crippen LogP contribution in [0.1, 0.15) is 31.1 Å². The Kier molecular flexibility index (Phi) is 7.68. The Bertz CT molecular complexity index is 1320. The monoisotopic (exact) mass is 504 g/mol. The molecule has 1 N–H and O–H groups in total. The minimum absolute atomic E-state index is 0.0383. The van der Waals surface area contributed by atoms with Gasteiger partial charge in [0.15, 0.2) is 16.8 Å². The Hall–Kier alpha value is -3.42. The van der Waals surface area contributed by atoms with Gasteiger partial charge in [0.1, 0.15) is 0 Å². The largest absolute Gasteiger partial charge is 0.326 e. The number of Topliss-reactive ketones (excluding diaryl/α,β-unsaturated/α-hetero) is 1. The lowest BCUT2D eigenvalue weighted by Gasteiger charge is -2.14. The highest BCUT2D eigenvalue weighted by atomic mass is 35.5. The number of anilines is 1. The minimum Gasteiger partial charge on any atom is -0.326 e. The molecule has 4 rings (SSSR count). The lowest BCUT2D eigenvalue weighted by Crippen LogP contribution is -2.18. The van der Waals surface area contributed by atoms with Crippen molar-refractivity contribution in [1.29, 1.82) is 0 Å². The number of rotatable bonds is 8. The SMILES string of the molecule is CC(C)C(=O)Nc1ccc(C(=O)[C@H](C)Sc2nnc(-c3ccccc3)n2-c2ccc(Cl)cc2)cc1. The second-order valence-corrected chi connectivity index (χ2v) is 10.1. The fraction of sp³-hybridized carbons (Fsp3) is 0.185. The van der Waals surface area contributed by atoms with Gasteiger partial charge >= 0.3 is 0 Å². The van der Waals surface area contributed by atoms with Crippen LogP contribution < -0.4 is 5.32 Å². The Morgan fingerprint density at radius 3 is 2.17 bits per heavy atom. The van der Waals surface area contributed by atoms with Crippen molar-refractivity contribution < 1.29 is 9.59 Å². The number of aromatic nitrogens is 3. The maximum Gasteiger partial charge on any atom is 0.226 e. The fourth-order valence-corrected chi connectivity index (χ4v) is 4.46. The molecular formula is C27H25ClN4O2S. The zero-order valence-corrected chi connectivity index (χ0v) is 21.2. The topological polar surface area (TPSA) is 76.9 Å². The van der Waals surface area contributed by atoms with Gasteiger partial charge in [-0.25, -0.2) is 0 Å². The maximum absolute atomic E-state index is 13.2. The minimum atomic E-state index is -0.412. The summed E-state index contributed by atoms with van der Waals surface area (Å²) in [6, 6.07) is 24.2. The third-order valence-electron chi connectivity index (χ3n) is 5.36. The van der Waals surface area contributed by atoms with Gasteiger partial charge in [-0.15, -0.1) is 10.2 Å². The molecule has 0 saturated heterocycles. The van der Waals surface area contributed by atoms with Crippen LogP contribution in [0.5, 0.6) is 0 Å². The van der Waals surface area contributed by atoms with E-state index in [2.05, 4.69) is 15.5 Å². The summed E-state index contributed by atoms with van der Waals surface area (Å²) in [5.41, 5.74) is 2.99. The van der Waals surface area contributed by atoms with E-state index in [1.807, 2.05) is 79.9 Å². The molecule has 1 atom stereocenters. The average Bonchev–Trinajstić information content (AvgIpc) is 3.28. The standard InChI is InChI=1S/C27H25ClN4O2S/c1-17(2)26(34)29-22-13-9-19(10-14-22)24(33)18(3)35-27-31-30-25(20-7-5-4-6-8-20)32(27)23-15-11-21(28)12-16-23/h4-18H,1-3H3,(H,29,34)/t18-/m0/s1. The summed E-state index contributed by atoms with van der Waals surface area (Å²) in [6.45, 7) is 5.51. The molecule has 0 radical (unpaired) electrons. The first-order chi connectivity index (χ1) is 16.8. The third-order valence-corrected chi connectivity index (χ3v) is 6.66. The maximum atomic E-state index is 13.2. The number of nitrogens with one attached hydrogen (secondary N) is 1. The highest BCUT2D eigenvalue weighted by Gasteiger charge is 2.23. The van der Waals surface area contributed by atoms with Crippen LogP contribution in [0.3, 0.4) is 0 Å². The van der Waals surface area contributed by atoms with Crippen molar-refractivity contribution in [2.24, 2.45) is 5.92 Å². The van der Waals surface area contributed by atoms with Crippen LogP contribution in [-0.4, -0.2) is 31.7 Å². The van der Waals surface area contributed by atoms with Crippen LogP contribution in [0.2, 0.25) is 5.02 Å². The van der Waals surface area contributed by atoms with Crippen molar-refractivity contribution in [2.45, 2.75) is 31.2 Å². The normalized spacial score (nSPS) is 11.9. The van der Waals surface area contributed by atoms with Crippen LogP contribution in [0, 0.1) is 5.92 Å². The predicted molar refractivity (Wildman–Crippen MR) is 141 cm³/mol. The van der Waals surface area contributed by atoms with Gasteiger partial charge in [-0.2, -0.15) is 0 Å². The molecule has 0 bridgehead atoms. The number of nitrogens with zero attached hydrogens (tertiary/aromatic N) is 3. The summed E-state index contributed by atoms with van der Waals surface area (Å²) in [5, 5.41) is 12.5. The quantitative estimate of drug-likeness (QED) is 0.217. The molecule has 1 aromatic heterocycles. The van der Waals surface area contributed by atoms with E-state index in [4.69, 9.17) is 11.6 Å². The van der Waals surface area contributed by atoms with Gasteiger partial charge in [-0.3, -0.25) is 14.2 Å². The van der Waals surface area contributed by atoms with Crippen LogP contribution in [0.25, 0.3) is 17.1 Å². The Morgan fingerprint density at radius 1 is 0.886 bits per heavy atom. The zero-order valence-electron chi connectivity index (χ0n) is 19.6. The van der Waals surface area contributed by atoms with E-state index in [0.29, 0.717) is 27.3 Å². The number of ketones is 1. The number of halogens is 1. The summed E-state index contributed by atoms with van der Waals surface area (Å²) in [6.07, 6.45) is 0. The first-order valence-electron chi connectivity index (χ1n) is 11.2. The van der Waals surface area contributed by atoms with Gasteiger partial charge < -0.3 is 5.32 Å². The van der Waals surface area contributed by atoms with Crippen molar-refractivity contribution in [1.82, 2.24) is 14.8 Å². The van der Waals surface area contributed by atoms with Crippen molar-refractivity contribution >= 4 is 40.7 Å². The first-order valence-corrected chi connectivity index (χ1v) is 12.5. The molecule has 0 aliphatic carbocycles. The highest BCUT2D eigenvalue weighted by molar-refractivity contribution is 8.00. The molecule has 6 nitrogen and oxygen atoms in total. The van der Waals surface area contributed by atoms with E-state index in [-0.39, 0.29) is 17.6 Å². The Balaban J connectivity index is 1.59. The van der Waals surface area contributed by atoms with Gasteiger partial charge in [0.05, 0.1) is 5.25 Å². The molecule has 0 unspecified atom stereocenters. The van der Waals surface area contributed by atoms with Gasteiger partial charge in [0.2, 0.25) is 5.91 Å². The van der Waals surface area contributed by atoms with Crippen LogP contribution in [0.4, 0.5) is 5.69 Å². The fourth-order valence-electron chi connectivity index (χ4n) is 3.39. The molecule has 0 spiro atoms. The van der Waals surface area contributed by atoms with Crippen molar-refractivity contribution in [3.63, 3.8) is 0 Å². The number of thioether (sulfide) groups is 1. The Morgan fingerprint density at radius 2 is 1.54 bits per heavy atom. The average molecular weight is 505 g/mol. The lowest BCUT2D eigenvalue weighted by atomic mass is 10.1. The molecule has 0 aliphatic rings. The third kappa shape index (κ3) is 5.81. The van der Waals surface area contributed by atoms with Crippen molar-refractivity contribution in [3.8, 4) is 17.1 Å². The molecule has 0 aliphatic heterocycles. The number of carbonyl (C=O) groups excluding carboxylic acids is 2. The molecule has 1 heterocycles. The molecular weight excluding hydrogens is 480 g/mol. The van der Waals surface area contributed by atoms with Crippen molar-refractivity contribution in [3.05, 3.63) is 89.4 Å². The first kappa shape index (κ1) is 24.7. The van der Waals surface area contributed by atoms with Gasteiger partial charge in [0, 0.05) is 33.4 Å². The molecule has 35 heavy (non-hydrogen) atoms. The second kappa shape index (κ2) is 10.9. The van der Waals surface area contributed by atoms with E-state index in [1.165, 1.54) is 11.8 Å². The van der Waals surface area contributed by atoms with E-state index in [0.717, 1.165) is 11.3 Å². The summed E-state index contributed by atoms with van der Waals surface area (Å²) >= 11 is 7.45. The Labute approximate surface area is 213 Å². The number of benzene rings is 3. The smallest absolute Gasteiger partial charge is 0.226 e. The number of hydrogen-bond acceptors (Lipinski definition) is 5. The number of hydrogen-bond donors (Lipinski definition) is 1. The number of amides is 1. The van der Waals surface area contributed by atoms with Crippen LogP contribution >= 0.6 is 23.4 Å². The van der Waals surface area contributed by atoms with E-state index in [1.54, 1.807) is 24.3 Å². The molecule has 1 amide bonds. The summed E-state index contributed by atoms with van der Waals surface area (Å²) in [4.78, 5) is 25.1. The van der Waals surface area contributed by atoms with Crippen LogP contribution in [0.15, 0.2) is 84.0 Å². The van der Waals surface area contributed by atoms with Crippen LogP contribution in [-0.2, 0) is 4.79 Å². The summed E-state index contributed by atoms with van der Waals surface area (Å²) in [7, 11) is 0. The zero-order chi connectivity index (χ0) is 24.9. The second-order valence-electron chi connectivity index (χ2n) is 8.33. The molecule has 0 fully saturated rings.